The van der Waals surface area contributed by atoms with Crippen molar-refractivity contribution in [3.63, 3.8) is 0 Å². The molecule has 2 heterocycles. The zero-order chi connectivity index (χ0) is 13.7. The molecule has 6 heteroatoms. The molecule has 1 aliphatic rings. The molecule has 0 spiro atoms. The minimum Gasteiger partial charge on any atom is -0.477 e. The number of carboxylic acids is 1. The Hall–Kier alpha value is -1.40. The van der Waals surface area contributed by atoms with Gasteiger partial charge in [0.15, 0.2) is 5.78 Å². The van der Waals surface area contributed by atoms with Crippen LogP contribution in [-0.4, -0.2) is 28.4 Å². The largest absolute Gasteiger partial charge is 0.477 e. The Labute approximate surface area is 118 Å². The molecule has 0 unspecified atom stereocenters. The Morgan fingerprint density at radius 1 is 1.32 bits per heavy atom. The highest BCUT2D eigenvalue weighted by molar-refractivity contribution is 8.22. The van der Waals surface area contributed by atoms with Crippen molar-refractivity contribution >= 4 is 41.4 Å². The van der Waals surface area contributed by atoms with E-state index in [0.717, 1.165) is 17.9 Å². The van der Waals surface area contributed by atoms with Gasteiger partial charge in [-0.3, -0.25) is 4.79 Å². The van der Waals surface area contributed by atoms with Crippen LogP contribution in [0.15, 0.2) is 38.7 Å². The molecule has 1 fully saturated rings. The number of rotatable bonds is 4. The Balaban J connectivity index is 2.19. The first kappa shape index (κ1) is 14.0. The van der Waals surface area contributed by atoms with E-state index in [2.05, 4.69) is 0 Å². The minimum atomic E-state index is -1.18. The van der Waals surface area contributed by atoms with Gasteiger partial charge in [-0.25, -0.2) is 4.79 Å². The Morgan fingerprint density at radius 2 is 2.05 bits per heavy atom. The summed E-state index contributed by atoms with van der Waals surface area (Å²) in [4.78, 5) is 23.2. The van der Waals surface area contributed by atoms with Crippen LogP contribution >= 0.6 is 23.5 Å². The molecule has 19 heavy (non-hydrogen) atoms. The molecular formula is C13H12O4S2. The summed E-state index contributed by atoms with van der Waals surface area (Å²) in [5.41, 5.74) is -0.141. The molecule has 0 aromatic carbocycles. The Morgan fingerprint density at radius 3 is 2.63 bits per heavy atom. The van der Waals surface area contributed by atoms with Gasteiger partial charge in [0.1, 0.15) is 11.3 Å². The topological polar surface area (TPSA) is 67.5 Å². The first-order valence-corrected chi connectivity index (χ1v) is 7.64. The van der Waals surface area contributed by atoms with Crippen LogP contribution in [0.25, 0.3) is 6.08 Å². The second-order valence-electron chi connectivity index (χ2n) is 3.73. The van der Waals surface area contributed by atoms with E-state index in [0.29, 0.717) is 10.00 Å². The van der Waals surface area contributed by atoms with Crippen molar-refractivity contribution in [3.05, 3.63) is 40.0 Å². The van der Waals surface area contributed by atoms with E-state index in [1.165, 1.54) is 41.9 Å². The summed E-state index contributed by atoms with van der Waals surface area (Å²) >= 11 is 2.87. The number of hydrogen-bond acceptors (Lipinski definition) is 5. The highest BCUT2D eigenvalue weighted by Gasteiger charge is 2.23. The first-order chi connectivity index (χ1) is 9.18. The highest BCUT2D eigenvalue weighted by Crippen LogP contribution is 2.37. The molecule has 1 aromatic rings. The summed E-state index contributed by atoms with van der Waals surface area (Å²) in [6.07, 6.45) is 5.24. The van der Waals surface area contributed by atoms with Gasteiger partial charge in [-0.1, -0.05) is 0 Å². The summed E-state index contributed by atoms with van der Waals surface area (Å²) in [7, 11) is 0. The van der Waals surface area contributed by atoms with E-state index in [1.54, 1.807) is 12.1 Å². The number of hydrogen-bond donors (Lipinski definition) is 1. The van der Waals surface area contributed by atoms with Gasteiger partial charge in [-0.05, 0) is 42.2 Å². The van der Waals surface area contributed by atoms with Crippen LogP contribution in [-0.2, 0) is 9.59 Å². The third kappa shape index (κ3) is 3.78. The lowest BCUT2D eigenvalue weighted by Gasteiger charge is -2.14. The summed E-state index contributed by atoms with van der Waals surface area (Å²) < 4.78 is 5.66. The smallest absolute Gasteiger partial charge is 0.341 e. The van der Waals surface area contributed by atoms with Crippen LogP contribution in [0.1, 0.15) is 12.2 Å². The van der Waals surface area contributed by atoms with Crippen molar-refractivity contribution < 1.29 is 19.1 Å². The highest BCUT2D eigenvalue weighted by atomic mass is 32.2. The van der Waals surface area contributed by atoms with Crippen molar-refractivity contribution in [2.24, 2.45) is 0 Å². The standard InChI is InChI=1S/C13H12O4S2/c14-10(5-4-9-3-1-6-17-9)11(12(15)16)13-18-7-2-8-19-13/h1,3-6H,2,7-8H2,(H,15,16)/b5-4+. The van der Waals surface area contributed by atoms with E-state index in [9.17, 15) is 14.7 Å². The van der Waals surface area contributed by atoms with Gasteiger partial charge < -0.3 is 9.52 Å². The maximum atomic E-state index is 12.0. The average molecular weight is 296 g/mol. The SMILES string of the molecule is O=C(O)C(C(=O)/C=C/c1ccco1)=C1SCCCS1. The third-order valence-corrected chi connectivity index (χ3v) is 4.99. The van der Waals surface area contributed by atoms with E-state index >= 15 is 0 Å². The number of ketones is 1. The lowest BCUT2D eigenvalue weighted by Crippen LogP contribution is -2.13. The van der Waals surface area contributed by atoms with Crippen molar-refractivity contribution in [1.82, 2.24) is 0 Å². The lowest BCUT2D eigenvalue weighted by atomic mass is 10.2. The number of carbonyl (C=O) groups is 2. The molecule has 0 bridgehead atoms. The van der Waals surface area contributed by atoms with Crippen molar-refractivity contribution in [3.8, 4) is 0 Å². The molecule has 1 aliphatic heterocycles. The molecule has 0 aliphatic carbocycles. The van der Waals surface area contributed by atoms with Gasteiger partial charge in [0, 0.05) is 0 Å². The lowest BCUT2D eigenvalue weighted by molar-refractivity contribution is -0.134. The van der Waals surface area contributed by atoms with E-state index in [4.69, 9.17) is 4.42 Å². The zero-order valence-corrected chi connectivity index (χ0v) is 11.6. The fourth-order valence-electron chi connectivity index (χ4n) is 1.50. The summed E-state index contributed by atoms with van der Waals surface area (Å²) in [6.45, 7) is 0. The molecule has 1 aromatic heterocycles. The van der Waals surface area contributed by atoms with Gasteiger partial charge >= 0.3 is 5.97 Å². The number of carboxylic acid groups (broad SMARTS) is 1. The Bertz CT molecular complexity index is 521. The van der Waals surface area contributed by atoms with Crippen LogP contribution in [0.4, 0.5) is 0 Å². The van der Waals surface area contributed by atoms with E-state index < -0.39 is 11.8 Å². The van der Waals surface area contributed by atoms with Crippen LogP contribution in [0, 0.1) is 0 Å². The van der Waals surface area contributed by atoms with Crippen molar-refractivity contribution in [2.75, 3.05) is 11.5 Å². The monoisotopic (exact) mass is 296 g/mol. The predicted molar refractivity (Wildman–Crippen MR) is 76.9 cm³/mol. The minimum absolute atomic E-state index is 0.141. The normalized spacial score (nSPS) is 15.7. The predicted octanol–water partition coefficient (Wildman–Crippen LogP) is 3.03. The second kappa shape index (κ2) is 6.68. The van der Waals surface area contributed by atoms with Gasteiger partial charge in [0.25, 0.3) is 0 Å². The summed E-state index contributed by atoms with van der Waals surface area (Å²) in [5.74, 6) is 0.557. The second-order valence-corrected chi connectivity index (χ2v) is 6.20. The summed E-state index contributed by atoms with van der Waals surface area (Å²) in [5, 5.41) is 9.19. The first-order valence-electron chi connectivity index (χ1n) is 5.67. The molecule has 4 nitrogen and oxygen atoms in total. The van der Waals surface area contributed by atoms with Crippen LogP contribution in [0.3, 0.4) is 0 Å². The fraction of sp³-hybridized carbons (Fsp3) is 0.231. The molecule has 0 saturated carbocycles. The van der Waals surface area contributed by atoms with Gasteiger partial charge in [0.05, 0.1) is 10.5 Å². The molecule has 1 N–H and O–H groups in total. The van der Waals surface area contributed by atoms with E-state index in [-0.39, 0.29) is 5.57 Å². The van der Waals surface area contributed by atoms with Crippen molar-refractivity contribution in [1.29, 1.82) is 0 Å². The third-order valence-electron chi connectivity index (χ3n) is 2.36. The number of carbonyl (C=O) groups excluding carboxylic acids is 1. The van der Waals surface area contributed by atoms with E-state index in [1.807, 2.05) is 0 Å². The fourth-order valence-corrected chi connectivity index (χ4v) is 4.12. The molecule has 2 rings (SSSR count). The number of allylic oxidation sites excluding steroid dienone is 1. The van der Waals surface area contributed by atoms with Crippen LogP contribution < -0.4 is 0 Å². The molecule has 100 valence electrons. The molecular weight excluding hydrogens is 284 g/mol. The van der Waals surface area contributed by atoms with Crippen LogP contribution in [0.5, 0.6) is 0 Å². The maximum absolute atomic E-state index is 12.0. The quantitative estimate of drug-likeness (QED) is 0.523. The van der Waals surface area contributed by atoms with Crippen molar-refractivity contribution in [2.45, 2.75) is 6.42 Å². The van der Waals surface area contributed by atoms with Gasteiger partial charge in [0.2, 0.25) is 0 Å². The average Bonchev–Trinajstić information content (AvgIpc) is 2.90. The van der Waals surface area contributed by atoms with Gasteiger partial charge in [-0.2, -0.15) is 0 Å². The molecule has 0 amide bonds. The molecule has 0 atom stereocenters. The number of thioether (sulfide) groups is 2. The van der Waals surface area contributed by atoms with Gasteiger partial charge in [-0.15, -0.1) is 23.5 Å². The number of furan rings is 1. The molecule has 0 radical (unpaired) electrons. The summed E-state index contributed by atoms with van der Waals surface area (Å²) in [6, 6.07) is 3.40. The van der Waals surface area contributed by atoms with Crippen LogP contribution in [0.2, 0.25) is 0 Å². The maximum Gasteiger partial charge on any atom is 0.341 e. The Kier molecular flexibility index (Phi) is 4.93. The molecule has 1 saturated heterocycles. The zero-order valence-electron chi connectivity index (χ0n) is 10.00. The number of aliphatic carboxylic acids is 1.